The second-order valence-electron chi connectivity index (χ2n) is 6.57. The van der Waals surface area contributed by atoms with Crippen LogP contribution in [0.5, 0.6) is 0 Å². The van der Waals surface area contributed by atoms with Crippen LogP contribution in [0.25, 0.3) is 0 Å². The molecule has 0 bridgehead atoms. The first-order valence-electron chi connectivity index (χ1n) is 7.46. The molecule has 0 heterocycles. The lowest BCUT2D eigenvalue weighted by molar-refractivity contribution is 2.05. The largest absolute Gasteiger partial charge is 0.101 e. The van der Waals surface area contributed by atoms with Crippen LogP contribution in [-0.2, 0) is 0 Å². The summed E-state index contributed by atoms with van der Waals surface area (Å²) >= 11 is 0. The molecule has 0 nitrogen and oxygen atoms in total. The monoisotopic (exact) mass is 233 g/mol. The van der Waals surface area contributed by atoms with Crippen molar-refractivity contribution in [2.24, 2.45) is 0 Å². The molecule has 0 aromatic heterocycles. The van der Waals surface area contributed by atoms with Gasteiger partial charge in [-0.2, -0.15) is 0 Å². The van der Waals surface area contributed by atoms with Crippen LogP contribution in [0.15, 0.2) is 0 Å². The Morgan fingerprint density at radius 3 is 1.32 bits per heavy atom. The summed E-state index contributed by atoms with van der Waals surface area (Å²) in [6.07, 6.45) is 0.235. The van der Waals surface area contributed by atoms with Gasteiger partial charge in [-0.15, -0.1) is 13.6 Å². The zero-order chi connectivity index (χ0) is 15.3. The van der Waals surface area contributed by atoms with Gasteiger partial charge >= 0.3 is 0 Å². The van der Waals surface area contributed by atoms with Crippen molar-refractivity contribution in [1.82, 2.24) is 0 Å². The molecule has 0 aliphatic heterocycles. The van der Waals surface area contributed by atoms with Crippen molar-refractivity contribution >= 4 is 89.7 Å². The van der Waals surface area contributed by atoms with Gasteiger partial charge in [0.2, 0.25) is 0 Å². The molecule has 0 N–H and O–H groups in total. The summed E-state index contributed by atoms with van der Waals surface area (Å²) in [7, 11) is 26.5. The summed E-state index contributed by atoms with van der Waals surface area (Å²) in [6.45, 7) is 13.9. The van der Waals surface area contributed by atoms with Crippen LogP contribution >= 0.6 is 0 Å². The zero-order valence-electron chi connectivity index (χ0n) is 13.5. The second kappa shape index (κ2) is 8.98. The molecule has 0 saturated heterocycles. The van der Waals surface area contributed by atoms with E-state index in [4.69, 9.17) is 30.9 Å². The number of rotatable bonds is 8. The Kier molecular flexibility index (Phi) is 9.38. The smallest absolute Gasteiger partial charge is 0.0850 e. The highest BCUT2D eigenvalue weighted by atomic mass is 13.4. The Bertz CT molecular complexity index is 205. The molecular formula is C6H18B13. The first-order valence-corrected chi connectivity index (χ1v) is 7.46. The van der Waals surface area contributed by atoms with E-state index in [-0.39, 0.29) is 25.6 Å². The normalized spacial score (nSPS) is 9.37. The molecule has 0 spiro atoms. The summed E-state index contributed by atoms with van der Waals surface area (Å²) in [5.41, 5.74) is 0. The Hall–Kier alpha value is 0.844. The molecule has 0 aromatic rings. The molecule has 0 rings (SSSR count). The molecule has 9 radical (unpaired) electrons. The third kappa shape index (κ3) is 5.62. The Balaban J connectivity index is 5.50. The van der Waals surface area contributed by atoms with Gasteiger partial charge in [0.1, 0.15) is 0 Å². The fourth-order valence-corrected chi connectivity index (χ4v) is 3.61. The van der Waals surface area contributed by atoms with Gasteiger partial charge in [0.05, 0.1) is 20.4 Å². The quantitative estimate of drug-likeness (QED) is 0.448. The number of hydrogen-bond donors (Lipinski definition) is 0. The van der Waals surface area contributed by atoms with Crippen molar-refractivity contribution in [2.75, 3.05) is 0 Å². The molecule has 0 aromatic carbocycles. The van der Waals surface area contributed by atoms with Crippen molar-refractivity contribution in [1.29, 1.82) is 0 Å². The summed E-state index contributed by atoms with van der Waals surface area (Å²) in [6, 6.07) is 0. The lowest BCUT2D eigenvalue weighted by Gasteiger charge is -2.39. The van der Waals surface area contributed by atoms with Gasteiger partial charge in [-0.3, -0.25) is 0 Å². The molecule has 0 amide bonds. The lowest BCUT2D eigenvalue weighted by Crippen LogP contribution is -2.76. The fraction of sp³-hybridized carbons (Fsp3) is 1.00. The third-order valence-corrected chi connectivity index (χ3v) is 4.31. The fourth-order valence-electron chi connectivity index (χ4n) is 3.61. The molecule has 0 aliphatic carbocycles. The molecule has 81 valence electrons. The average molecular weight is 231 g/mol. The maximum atomic E-state index is 6.35. The first kappa shape index (κ1) is 19.8. The Morgan fingerprint density at radius 1 is 0.684 bits per heavy atom. The highest BCUT2D eigenvalue weighted by Gasteiger charge is 2.44. The molecule has 13 heteroatoms. The highest BCUT2D eigenvalue weighted by Crippen LogP contribution is 2.09. The van der Waals surface area contributed by atoms with E-state index in [1.807, 2.05) is 20.8 Å². The Labute approximate surface area is 131 Å². The topological polar surface area (TPSA) is 0 Å². The molecule has 0 saturated carbocycles. The minimum absolute atomic E-state index is 0.0274. The predicted molar refractivity (Wildman–Crippen MR) is 110 cm³/mol. The van der Waals surface area contributed by atoms with Crippen molar-refractivity contribution < 1.29 is 0 Å². The van der Waals surface area contributed by atoms with E-state index in [0.717, 1.165) is 0 Å². The Morgan fingerprint density at radius 2 is 1.11 bits per heavy atom. The van der Waals surface area contributed by atoms with E-state index >= 15 is 0 Å². The van der Waals surface area contributed by atoms with E-state index in [9.17, 15) is 0 Å². The minimum Gasteiger partial charge on any atom is -0.101 e. The van der Waals surface area contributed by atoms with Crippen LogP contribution in [0.2, 0.25) is 40.9 Å². The van der Waals surface area contributed by atoms with Crippen LogP contribution in [-0.4, -0.2) is 89.7 Å². The van der Waals surface area contributed by atoms with Crippen LogP contribution in [0.1, 0.15) is 0 Å². The standard InChI is InChI=1S/C6H18B13/c1-11-16(10)19(17(12(2)3)13(4)5)18(14(6)7)15(8)9/h1-6H3. The van der Waals surface area contributed by atoms with Crippen LogP contribution < -0.4 is 0 Å². The lowest BCUT2D eigenvalue weighted by atomic mass is 8.44. The van der Waals surface area contributed by atoms with Gasteiger partial charge in [-0.1, -0.05) is 27.3 Å². The molecule has 0 fully saturated rings. The van der Waals surface area contributed by atoms with E-state index in [1.54, 1.807) is 0 Å². The average Bonchev–Trinajstić information content (AvgIpc) is 2.24. The van der Waals surface area contributed by atoms with Gasteiger partial charge in [0.25, 0.3) is 0 Å². The summed E-state index contributed by atoms with van der Waals surface area (Å²) in [5, 5.41) is 0. The zero-order valence-corrected chi connectivity index (χ0v) is 13.5. The van der Waals surface area contributed by atoms with Crippen LogP contribution in [0.4, 0.5) is 0 Å². The summed E-state index contributed by atoms with van der Waals surface area (Å²) < 4.78 is 0. The maximum Gasteiger partial charge on any atom is 0.0850 e. The van der Waals surface area contributed by atoms with E-state index < -0.39 is 6.39 Å². The maximum absolute atomic E-state index is 6.35. The van der Waals surface area contributed by atoms with Crippen molar-refractivity contribution in [3.05, 3.63) is 0 Å². The predicted octanol–water partition coefficient (Wildman–Crippen LogP) is -1.45. The highest BCUT2D eigenvalue weighted by molar-refractivity contribution is 8.11. The van der Waals surface area contributed by atoms with Crippen molar-refractivity contribution in [3.8, 4) is 0 Å². The minimum atomic E-state index is -0.434. The van der Waals surface area contributed by atoms with Gasteiger partial charge < -0.3 is 0 Å². The van der Waals surface area contributed by atoms with Gasteiger partial charge in [0, 0.05) is 69.4 Å². The molecule has 19 heavy (non-hydrogen) atoms. The van der Waals surface area contributed by atoms with Gasteiger partial charge in [-0.05, 0) is 0 Å². The molecule has 0 aliphatic rings. The van der Waals surface area contributed by atoms with E-state index in [0.29, 0.717) is 19.6 Å². The molecular weight excluding hydrogens is 213 g/mol. The SMILES string of the molecule is [B]B([B])B(B([B])C)B(B([B])[B]C)B(B(C)C)B(C)C. The van der Waals surface area contributed by atoms with E-state index in [1.165, 1.54) is 0 Å². The molecule has 0 atom stereocenters. The van der Waals surface area contributed by atoms with Gasteiger partial charge in [-0.25, -0.2) is 0 Å². The second-order valence-corrected chi connectivity index (χ2v) is 6.57. The van der Waals surface area contributed by atoms with Crippen molar-refractivity contribution in [2.45, 2.75) is 40.9 Å². The third-order valence-electron chi connectivity index (χ3n) is 4.31. The van der Waals surface area contributed by atoms with Crippen LogP contribution in [0, 0.1) is 0 Å². The van der Waals surface area contributed by atoms with Crippen LogP contribution in [0.3, 0.4) is 0 Å². The van der Waals surface area contributed by atoms with E-state index in [2.05, 4.69) is 27.3 Å². The molecule has 0 unspecified atom stereocenters. The van der Waals surface area contributed by atoms with Crippen molar-refractivity contribution in [3.63, 3.8) is 0 Å². The summed E-state index contributed by atoms with van der Waals surface area (Å²) in [4.78, 5) is 0. The van der Waals surface area contributed by atoms with Gasteiger partial charge in [0.15, 0.2) is 0 Å². The summed E-state index contributed by atoms with van der Waals surface area (Å²) in [5.74, 6) is 0. The first-order chi connectivity index (χ1) is 8.64. The number of hydrogen-bond acceptors (Lipinski definition) is 0.